The van der Waals surface area contributed by atoms with Crippen LogP contribution in [0.3, 0.4) is 0 Å². The molecule has 1 rings (SSSR count). The molecule has 0 aliphatic carbocycles. The number of aliphatic hydroxyl groups excluding tert-OH is 1. The summed E-state index contributed by atoms with van der Waals surface area (Å²) >= 11 is 0. The van der Waals surface area contributed by atoms with Gasteiger partial charge in [0, 0.05) is 12.2 Å². The average Bonchev–Trinajstić information content (AvgIpc) is 2.23. The highest BCUT2D eigenvalue weighted by Crippen LogP contribution is 2.37. The maximum absolute atomic E-state index is 12.4. The van der Waals surface area contributed by atoms with Crippen molar-refractivity contribution in [3.05, 3.63) is 29.3 Å². The van der Waals surface area contributed by atoms with Gasteiger partial charge < -0.3 is 10.4 Å². The Labute approximate surface area is 98.2 Å². The molecule has 18 heavy (non-hydrogen) atoms. The minimum atomic E-state index is -4.86. The van der Waals surface area contributed by atoms with Crippen LogP contribution in [0.15, 0.2) is 18.2 Å². The lowest BCUT2D eigenvalue weighted by atomic mass is 10.1. The van der Waals surface area contributed by atoms with Gasteiger partial charge in [0.25, 0.3) is 0 Å². The molecular weight excluding hydrogens is 264 g/mol. The van der Waals surface area contributed by atoms with Gasteiger partial charge in [-0.15, -0.1) is 0 Å². The molecule has 1 aromatic carbocycles. The van der Waals surface area contributed by atoms with Crippen LogP contribution in [0.25, 0.3) is 0 Å². The van der Waals surface area contributed by atoms with Crippen LogP contribution < -0.4 is 5.32 Å². The number of halogens is 6. The standard InChI is InChI=1S/C10H9F6NO/c11-9(12,13)6-3-7(10(14,15)16)5-8(4-6)17-1-2-18/h3-5,17-18H,1-2H2. The number of hydrogen-bond acceptors (Lipinski definition) is 2. The number of nitrogens with one attached hydrogen (secondary N) is 1. The Balaban J connectivity index is 3.21. The first kappa shape index (κ1) is 14.6. The molecule has 2 N–H and O–H groups in total. The van der Waals surface area contributed by atoms with Gasteiger partial charge in [0.1, 0.15) is 0 Å². The van der Waals surface area contributed by atoms with Gasteiger partial charge in [0.2, 0.25) is 0 Å². The first-order chi connectivity index (χ1) is 8.14. The fourth-order valence-electron chi connectivity index (χ4n) is 1.26. The fourth-order valence-corrected chi connectivity index (χ4v) is 1.26. The van der Waals surface area contributed by atoms with E-state index in [1.54, 1.807) is 0 Å². The third kappa shape index (κ3) is 3.80. The van der Waals surface area contributed by atoms with Crippen LogP contribution in [0.1, 0.15) is 11.1 Å². The SMILES string of the molecule is OCCNc1cc(C(F)(F)F)cc(C(F)(F)F)c1. The van der Waals surface area contributed by atoms with E-state index in [0.29, 0.717) is 12.1 Å². The summed E-state index contributed by atoms with van der Waals surface area (Å²) < 4.78 is 74.5. The summed E-state index contributed by atoms with van der Waals surface area (Å²) in [6.07, 6.45) is -9.73. The molecule has 0 saturated heterocycles. The van der Waals surface area contributed by atoms with Crippen LogP contribution in [-0.4, -0.2) is 18.3 Å². The van der Waals surface area contributed by atoms with Gasteiger partial charge in [-0.05, 0) is 18.2 Å². The van der Waals surface area contributed by atoms with E-state index in [0.717, 1.165) is 0 Å². The van der Waals surface area contributed by atoms with Crippen LogP contribution in [0.2, 0.25) is 0 Å². The van der Waals surface area contributed by atoms with Crippen molar-refractivity contribution in [2.24, 2.45) is 0 Å². The number of rotatable bonds is 3. The molecule has 8 heteroatoms. The molecule has 0 atom stereocenters. The molecule has 0 radical (unpaired) electrons. The van der Waals surface area contributed by atoms with Crippen molar-refractivity contribution in [2.75, 3.05) is 18.5 Å². The van der Waals surface area contributed by atoms with E-state index in [2.05, 4.69) is 5.32 Å². The highest BCUT2D eigenvalue weighted by Gasteiger charge is 2.36. The molecule has 0 amide bonds. The van der Waals surface area contributed by atoms with E-state index in [1.807, 2.05) is 0 Å². The average molecular weight is 273 g/mol. The number of anilines is 1. The van der Waals surface area contributed by atoms with Crippen molar-refractivity contribution < 1.29 is 31.4 Å². The van der Waals surface area contributed by atoms with Gasteiger partial charge >= 0.3 is 12.4 Å². The van der Waals surface area contributed by atoms with Gasteiger partial charge in [0.05, 0.1) is 17.7 Å². The maximum Gasteiger partial charge on any atom is 0.416 e. The van der Waals surface area contributed by atoms with Crippen LogP contribution in [0, 0.1) is 0 Å². The maximum atomic E-state index is 12.4. The van der Waals surface area contributed by atoms with E-state index in [4.69, 9.17) is 5.11 Å². The Bertz CT molecular complexity index is 380. The third-order valence-electron chi connectivity index (χ3n) is 2.03. The minimum Gasteiger partial charge on any atom is -0.395 e. The Hall–Kier alpha value is -1.44. The second-order valence-electron chi connectivity index (χ2n) is 3.44. The van der Waals surface area contributed by atoms with Crippen LogP contribution in [0.4, 0.5) is 32.0 Å². The largest absolute Gasteiger partial charge is 0.416 e. The summed E-state index contributed by atoms with van der Waals surface area (Å²) in [6, 6.07) is 1.17. The topological polar surface area (TPSA) is 32.3 Å². The molecule has 1 aromatic rings. The molecule has 0 aliphatic heterocycles. The predicted molar refractivity (Wildman–Crippen MR) is 52.0 cm³/mol. The summed E-state index contributed by atoms with van der Waals surface area (Å²) in [6.45, 7) is -0.545. The van der Waals surface area contributed by atoms with E-state index in [1.165, 1.54) is 0 Å². The summed E-state index contributed by atoms with van der Waals surface area (Å²) in [4.78, 5) is 0. The Kier molecular flexibility index (Phi) is 4.10. The van der Waals surface area contributed by atoms with Crippen molar-refractivity contribution >= 4 is 5.69 Å². The molecular formula is C10H9F6NO. The van der Waals surface area contributed by atoms with Crippen LogP contribution in [-0.2, 0) is 12.4 Å². The predicted octanol–water partition coefficient (Wildman–Crippen LogP) is 3.13. The monoisotopic (exact) mass is 273 g/mol. The molecule has 0 unspecified atom stereocenters. The molecule has 2 nitrogen and oxygen atoms in total. The Morgan fingerprint density at radius 1 is 0.889 bits per heavy atom. The molecule has 0 aromatic heterocycles. The molecule has 0 aliphatic rings. The van der Waals surface area contributed by atoms with E-state index >= 15 is 0 Å². The van der Waals surface area contributed by atoms with E-state index in [-0.39, 0.29) is 18.3 Å². The van der Waals surface area contributed by atoms with Crippen LogP contribution in [0.5, 0.6) is 0 Å². The zero-order chi connectivity index (χ0) is 14.0. The molecule has 0 fully saturated rings. The fraction of sp³-hybridized carbons (Fsp3) is 0.400. The quantitative estimate of drug-likeness (QED) is 0.829. The van der Waals surface area contributed by atoms with E-state index in [9.17, 15) is 26.3 Å². The van der Waals surface area contributed by atoms with Gasteiger partial charge in [-0.25, -0.2) is 0 Å². The number of hydrogen-bond donors (Lipinski definition) is 2. The zero-order valence-corrected chi connectivity index (χ0v) is 8.86. The summed E-state index contributed by atoms with van der Waals surface area (Å²) in [5.41, 5.74) is -3.12. The summed E-state index contributed by atoms with van der Waals surface area (Å²) in [5.74, 6) is 0. The third-order valence-corrected chi connectivity index (χ3v) is 2.03. The second-order valence-corrected chi connectivity index (χ2v) is 3.44. The Morgan fingerprint density at radius 3 is 1.67 bits per heavy atom. The first-order valence-corrected chi connectivity index (χ1v) is 4.79. The highest BCUT2D eigenvalue weighted by atomic mass is 19.4. The van der Waals surface area contributed by atoms with Gasteiger partial charge in [-0.3, -0.25) is 0 Å². The van der Waals surface area contributed by atoms with Gasteiger partial charge in [0.15, 0.2) is 0 Å². The summed E-state index contributed by atoms with van der Waals surface area (Å²) in [5, 5.41) is 10.7. The van der Waals surface area contributed by atoms with Crippen LogP contribution >= 0.6 is 0 Å². The normalized spacial score (nSPS) is 12.6. The van der Waals surface area contributed by atoms with Crippen molar-refractivity contribution in [1.82, 2.24) is 0 Å². The molecule has 102 valence electrons. The second kappa shape index (κ2) is 5.05. The van der Waals surface area contributed by atoms with E-state index < -0.39 is 30.1 Å². The highest BCUT2D eigenvalue weighted by molar-refractivity contribution is 5.50. The lowest BCUT2D eigenvalue weighted by Crippen LogP contribution is -2.13. The number of benzene rings is 1. The lowest BCUT2D eigenvalue weighted by Gasteiger charge is -2.14. The first-order valence-electron chi connectivity index (χ1n) is 4.79. The van der Waals surface area contributed by atoms with Crippen molar-refractivity contribution in [1.29, 1.82) is 0 Å². The zero-order valence-electron chi connectivity index (χ0n) is 8.86. The molecule has 0 bridgehead atoms. The minimum absolute atomic E-state index is 0.0458. The molecule has 0 saturated carbocycles. The Morgan fingerprint density at radius 2 is 1.33 bits per heavy atom. The molecule has 0 spiro atoms. The van der Waals surface area contributed by atoms with Crippen molar-refractivity contribution in [2.45, 2.75) is 12.4 Å². The summed E-state index contributed by atoms with van der Waals surface area (Å²) in [7, 11) is 0. The number of aliphatic hydroxyl groups is 1. The van der Waals surface area contributed by atoms with Gasteiger partial charge in [-0.1, -0.05) is 0 Å². The van der Waals surface area contributed by atoms with Gasteiger partial charge in [-0.2, -0.15) is 26.3 Å². The number of alkyl halides is 6. The molecule has 0 heterocycles. The van der Waals surface area contributed by atoms with Crippen molar-refractivity contribution in [3.8, 4) is 0 Å². The van der Waals surface area contributed by atoms with Crippen molar-refractivity contribution in [3.63, 3.8) is 0 Å². The smallest absolute Gasteiger partial charge is 0.395 e. The lowest BCUT2D eigenvalue weighted by molar-refractivity contribution is -0.143.